The molecule has 2 aromatic rings. The molecule has 1 aliphatic rings. The van der Waals surface area contributed by atoms with Gasteiger partial charge in [0.1, 0.15) is 17.9 Å². The van der Waals surface area contributed by atoms with E-state index in [1.165, 1.54) is 14.0 Å². The monoisotopic (exact) mass is 607 g/mol. The summed E-state index contributed by atoms with van der Waals surface area (Å²) in [6, 6.07) is 11.3. The van der Waals surface area contributed by atoms with E-state index in [-0.39, 0.29) is 23.6 Å². The van der Waals surface area contributed by atoms with Crippen molar-refractivity contribution < 1.29 is 43.6 Å². The molecule has 14 nitrogen and oxygen atoms in total. The maximum atomic E-state index is 11.0. The molecular formula is C29H41N3O11. The van der Waals surface area contributed by atoms with Crippen molar-refractivity contribution in [1.29, 1.82) is 0 Å². The number of carboxylic acids is 1. The number of carbonyl (C=O) groups is 4. The number of likely N-dealkylation sites (tertiary alicyclic amines) is 1. The summed E-state index contributed by atoms with van der Waals surface area (Å²) in [4.78, 5) is 62.6. The molecule has 0 saturated carbocycles. The fourth-order valence-electron chi connectivity index (χ4n) is 3.24. The van der Waals surface area contributed by atoms with Gasteiger partial charge in [-0.15, -0.1) is 0 Å². The quantitative estimate of drug-likeness (QED) is 0.199. The third-order valence-corrected chi connectivity index (χ3v) is 4.95. The molecule has 2 aromatic carbocycles. The highest BCUT2D eigenvalue weighted by molar-refractivity contribution is 5.89. The lowest BCUT2D eigenvalue weighted by atomic mass is 10.2. The Morgan fingerprint density at radius 2 is 1.49 bits per heavy atom. The van der Waals surface area contributed by atoms with Crippen LogP contribution >= 0.6 is 0 Å². The summed E-state index contributed by atoms with van der Waals surface area (Å²) in [7, 11) is 3.39. The Kier molecular flexibility index (Phi) is 19.8. The van der Waals surface area contributed by atoms with Crippen LogP contribution in [0.3, 0.4) is 0 Å². The van der Waals surface area contributed by atoms with Gasteiger partial charge < -0.3 is 14.6 Å². The number of likely N-dealkylation sites (N-methyl/N-ethyl adjacent to an activating group) is 1. The first-order valence-corrected chi connectivity index (χ1v) is 13.2. The summed E-state index contributed by atoms with van der Waals surface area (Å²) in [6.45, 7) is 11.9. The van der Waals surface area contributed by atoms with Gasteiger partial charge in [-0.2, -0.15) is 0 Å². The first-order valence-electron chi connectivity index (χ1n) is 13.2. The maximum Gasteiger partial charge on any atom is 0.336 e. The Balaban J connectivity index is 0. The summed E-state index contributed by atoms with van der Waals surface area (Å²) < 4.78 is 9.42. The molecule has 1 fully saturated rings. The lowest BCUT2D eigenvalue weighted by Crippen LogP contribution is -2.33. The predicted molar refractivity (Wildman–Crippen MR) is 159 cm³/mol. The van der Waals surface area contributed by atoms with Gasteiger partial charge in [-0.05, 0) is 47.2 Å². The molecule has 0 spiro atoms. The van der Waals surface area contributed by atoms with Crippen LogP contribution in [0.1, 0.15) is 75.1 Å². The summed E-state index contributed by atoms with van der Waals surface area (Å²) in [6.07, 6.45) is 2.89. The van der Waals surface area contributed by atoms with Crippen LogP contribution in [0.15, 0.2) is 48.5 Å². The van der Waals surface area contributed by atoms with E-state index in [2.05, 4.69) is 4.74 Å². The summed E-state index contributed by atoms with van der Waals surface area (Å²) in [5.41, 5.74) is -1.34. The third-order valence-electron chi connectivity index (χ3n) is 4.95. The van der Waals surface area contributed by atoms with Crippen molar-refractivity contribution in [2.75, 3.05) is 20.7 Å². The number of nitrogens with zero attached hydrogens (tertiary/aromatic N) is 3. The molecule has 43 heavy (non-hydrogen) atoms. The minimum absolute atomic E-state index is 0.0185. The number of nitro groups is 2. The van der Waals surface area contributed by atoms with Gasteiger partial charge in [0.15, 0.2) is 0 Å². The van der Waals surface area contributed by atoms with E-state index in [0.29, 0.717) is 6.07 Å². The smallest absolute Gasteiger partial charge is 0.336 e. The van der Waals surface area contributed by atoms with Crippen molar-refractivity contribution in [2.45, 2.75) is 66.0 Å². The Morgan fingerprint density at radius 1 is 1.00 bits per heavy atom. The van der Waals surface area contributed by atoms with Crippen molar-refractivity contribution in [3.8, 4) is 0 Å². The summed E-state index contributed by atoms with van der Waals surface area (Å²) in [5.74, 6) is -1.78. The number of rotatable bonds is 5. The average Bonchev–Trinajstić information content (AvgIpc) is 3.39. The number of nitro benzene ring substituents is 2. The molecule has 1 unspecified atom stereocenters. The minimum Gasteiger partial charge on any atom is -0.478 e. The van der Waals surface area contributed by atoms with Crippen LogP contribution in [-0.4, -0.2) is 76.4 Å². The van der Waals surface area contributed by atoms with Gasteiger partial charge in [0, 0.05) is 24.6 Å². The topological polar surface area (TPSA) is 196 Å². The molecule has 0 aromatic heterocycles. The number of esters is 2. The maximum absolute atomic E-state index is 11.0. The molecule has 0 bridgehead atoms. The molecule has 3 rings (SSSR count). The first-order chi connectivity index (χ1) is 20.0. The number of hydrogen-bond acceptors (Lipinski definition) is 11. The lowest BCUT2D eigenvalue weighted by molar-refractivity contribution is -0.394. The zero-order valence-electron chi connectivity index (χ0n) is 25.8. The predicted octanol–water partition coefficient (Wildman–Crippen LogP) is 5.33. The Hall–Kier alpha value is -4.72. The van der Waals surface area contributed by atoms with Crippen LogP contribution in [0.25, 0.3) is 0 Å². The second kappa shape index (κ2) is 21.1. The van der Waals surface area contributed by atoms with Gasteiger partial charge in [-0.25, -0.2) is 4.79 Å². The van der Waals surface area contributed by atoms with Crippen LogP contribution in [-0.2, 0) is 19.1 Å². The van der Waals surface area contributed by atoms with Crippen molar-refractivity contribution >= 4 is 35.6 Å². The molecule has 14 heteroatoms. The number of benzene rings is 2. The van der Waals surface area contributed by atoms with E-state index < -0.39 is 32.8 Å². The minimum atomic E-state index is -1.46. The summed E-state index contributed by atoms with van der Waals surface area (Å²) in [5, 5.41) is 29.2. The highest BCUT2D eigenvalue weighted by Gasteiger charge is 2.28. The van der Waals surface area contributed by atoms with E-state index in [1.807, 2.05) is 64.8 Å². The van der Waals surface area contributed by atoms with Crippen molar-refractivity contribution in [3.63, 3.8) is 0 Å². The summed E-state index contributed by atoms with van der Waals surface area (Å²) >= 11 is 0. The van der Waals surface area contributed by atoms with E-state index in [4.69, 9.17) is 9.84 Å². The molecule has 1 saturated heterocycles. The number of hydrogen-bond donors (Lipinski definition) is 1. The number of methoxy groups -OCH3 is 1. The molecule has 1 N–H and O–H groups in total. The number of aromatic carboxylic acids is 1. The molecule has 0 radical (unpaired) electrons. The standard InChI is InChI=1S/C7H4N2O6.C7H13NO2.C7H6O.C6H12O2.C2H6/c10-7(11)4-1-5(8(12)13)3-6(2-4)9(14)15;1-8-5-3-4-6(8)7(9)10-2;8-6-7-4-2-1-3-5-7;1-5(7)8-6(2,3)4;1-2/h1-3H,(H,10,11);6H,3-5H2,1-2H3;1-6H;1-4H3;1-2H3. The van der Waals surface area contributed by atoms with Crippen molar-refractivity contribution in [1.82, 2.24) is 4.90 Å². The van der Waals surface area contributed by atoms with Gasteiger partial charge in [0.2, 0.25) is 0 Å². The first kappa shape index (κ1) is 40.4. The normalized spacial score (nSPS) is 13.3. The SMILES string of the molecule is CC.CC(=O)OC(C)(C)C.COC(=O)C1CCCN1C.O=C(O)c1cc([N+](=O)[O-])cc([N+](=O)[O-])c1.O=Cc1ccccc1. The zero-order valence-corrected chi connectivity index (χ0v) is 25.8. The molecular weight excluding hydrogens is 566 g/mol. The number of non-ortho nitro benzene ring substituents is 2. The van der Waals surface area contributed by atoms with E-state index in [1.54, 1.807) is 12.1 Å². The number of aldehydes is 1. The fourth-order valence-corrected chi connectivity index (χ4v) is 3.24. The number of carbonyl (C=O) groups excluding carboxylic acids is 3. The van der Waals surface area contributed by atoms with Crippen LogP contribution in [0.5, 0.6) is 0 Å². The molecule has 1 atom stereocenters. The van der Waals surface area contributed by atoms with Crippen LogP contribution < -0.4 is 0 Å². The number of ether oxygens (including phenoxy) is 2. The van der Waals surface area contributed by atoms with Gasteiger partial charge >= 0.3 is 17.9 Å². The van der Waals surface area contributed by atoms with E-state index in [9.17, 15) is 39.4 Å². The highest BCUT2D eigenvalue weighted by atomic mass is 16.6. The van der Waals surface area contributed by atoms with Crippen LogP contribution in [0, 0.1) is 20.2 Å². The van der Waals surface area contributed by atoms with Crippen LogP contribution in [0.4, 0.5) is 11.4 Å². The molecule has 0 amide bonds. The van der Waals surface area contributed by atoms with Gasteiger partial charge in [0.25, 0.3) is 11.4 Å². The van der Waals surface area contributed by atoms with Crippen LogP contribution in [0.2, 0.25) is 0 Å². The van der Waals surface area contributed by atoms with Gasteiger partial charge in [0.05, 0.1) is 28.6 Å². The Labute approximate surface area is 250 Å². The largest absolute Gasteiger partial charge is 0.478 e. The Morgan fingerprint density at radius 3 is 1.74 bits per heavy atom. The molecule has 0 aliphatic carbocycles. The number of carboxylic acid groups (broad SMARTS) is 1. The fraction of sp³-hybridized carbons (Fsp3) is 0.448. The van der Waals surface area contributed by atoms with Gasteiger partial charge in [-0.3, -0.25) is 39.5 Å². The Bertz CT molecular complexity index is 1120. The third kappa shape index (κ3) is 18.4. The second-order valence-corrected chi connectivity index (χ2v) is 9.45. The van der Waals surface area contributed by atoms with E-state index in [0.717, 1.165) is 43.4 Å². The zero-order chi connectivity index (χ0) is 33.8. The van der Waals surface area contributed by atoms with Crippen molar-refractivity contribution in [3.05, 3.63) is 79.9 Å². The van der Waals surface area contributed by atoms with E-state index >= 15 is 0 Å². The molecule has 238 valence electrons. The molecule has 1 aliphatic heterocycles. The average molecular weight is 608 g/mol. The lowest BCUT2D eigenvalue weighted by Gasteiger charge is -2.17. The molecule has 1 heterocycles. The highest BCUT2D eigenvalue weighted by Crippen LogP contribution is 2.22. The van der Waals surface area contributed by atoms with Gasteiger partial charge in [-0.1, -0.05) is 44.2 Å². The van der Waals surface area contributed by atoms with Crippen molar-refractivity contribution in [2.24, 2.45) is 0 Å². The second-order valence-electron chi connectivity index (χ2n) is 9.45.